The van der Waals surface area contributed by atoms with Crippen LogP contribution in [0.5, 0.6) is 0 Å². The minimum atomic E-state index is -1.58. The van der Waals surface area contributed by atoms with Crippen molar-refractivity contribution in [1.82, 2.24) is 57.0 Å². The Hall–Kier alpha value is -8.95. The van der Waals surface area contributed by atoms with Crippen molar-refractivity contribution >= 4 is 94.5 Å². The molecule has 10 atom stereocenters. The smallest absolute Gasteiger partial charge is 0.259 e. The van der Waals surface area contributed by atoms with Crippen molar-refractivity contribution in [3.63, 3.8) is 0 Å². The first kappa shape index (κ1) is 79.7. The highest BCUT2D eigenvalue weighted by Crippen LogP contribution is 2.25. The maximum Gasteiger partial charge on any atom is 0.259 e. The number of hydrogen-bond donors (Lipinski definition) is 14. The summed E-state index contributed by atoms with van der Waals surface area (Å²) in [5.41, 5.74) is 44.0. The molecule has 32 nitrogen and oxygen atoms in total. The Labute approximate surface area is 575 Å². The molecule has 0 bridgehead atoms. The second-order valence-corrected chi connectivity index (χ2v) is 26.2. The topological polar surface area (TPSA) is 514 Å². The van der Waals surface area contributed by atoms with Gasteiger partial charge < -0.3 is 86.7 Å². The van der Waals surface area contributed by atoms with Crippen molar-refractivity contribution in [2.24, 2.45) is 51.0 Å². The molecule has 0 aromatic heterocycles. The number of thioether (sulfide) groups is 1. The zero-order valence-corrected chi connectivity index (χ0v) is 57.1. The molecule has 3 fully saturated rings. The van der Waals surface area contributed by atoms with Gasteiger partial charge >= 0.3 is 0 Å². The first-order chi connectivity index (χ1) is 46.7. The molecular weight excluding hydrogens is 1290 g/mol. The van der Waals surface area contributed by atoms with E-state index in [0.717, 1.165) is 0 Å². The summed E-state index contributed by atoms with van der Waals surface area (Å²) in [6.45, 7) is 3.54. The zero-order chi connectivity index (χ0) is 72.0. The van der Waals surface area contributed by atoms with Gasteiger partial charge in [-0.2, -0.15) is 11.8 Å². The number of nitrogens with zero attached hydrogens (tertiary/aromatic N) is 5. The van der Waals surface area contributed by atoms with Crippen LogP contribution in [0.3, 0.4) is 0 Å². The summed E-state index contributed by atoms with van der Waals surface area (Å²) in [7, 11) is 0. The number of carbonyl (C=O) groups is 13. The number of carbonyl (C=O) groups excluding carboxylic acids is 13. The lowest BCUT2D eigenvalue weighted by Crippen LogP contribution is -2.67. The average Bonchev–Trinajstić information content (AvgIpc) is 0.906. The van der Waals surface area contributed by atoms with E-state index < -0.39 is 157 Å². The summed E-state index contributed by atoms with van der Waals surface area (Å²) < 4.78 is 0. The lowest BCUT2D eigenvalue weighted by atomic mass is 9.99. The number of likely N-dealkylation sites (tertiary alicyclic amines) is 2. The Morgan fingerprint density at radius 1 is 0.582 bits per heavy atom. The van der Waals surface area contributed by atoms with Gasteiger partial charge in [-0.1, -0.05) is 74.5 Å². The molecule has 0 radical (unpaired) electrons. The van der Waals surface area contributed by atoms with E-state index in [2.05, 4.69) is 42.3 Å². The third kappa shape index (κ3) is 25.5. The van der Waals surface area contributed by atoms with E-state index in [0.29, 0.717) is 55.4 Å². The highest BCUT2D eigenvalue weighted by Gasteiger charge is 2.45. The van der Waals surface area contributed by atoms with Gasteiger partial charge in [0.25, 0.3) is 5.91 Å². The van der Waals surface area contributed by atoms with E-state index in [-0.39, 0.29) is 109 Å². The number of piperazine rings is 1. The fourth-order valence-electron chi connectivity index (χ4n) is 12.0. The van der Waals surface area contributed by atoms with Gasteiger partial charge in [-0.15, -0.1) is 0 Å². The van der Waals surface area contributed by atoms with Crippen LogP contribution in [0, 0.1) is 5.92 Å². The van der Waals surface area contributed by atoms with Crippen LogP contribution < -0.4 is 77.5 Å². The van der Waals surface area contributed by atoms with Gasteiger partial charge in [-0.25, -0.2) is 5.43 Å². The van der Waals surface area contributed by atoms with Gasteiger partial charge in [-0.05, 0) is 125 Å². The molecule has 2 aromatic rings. The zero-order valence-electron chi connectivity index (χ0n) is 56.3. The number of rotatable bonds is 41. The van der Waals surface area contributed by atoms with Gasteiger partial charge in [0.2, 0.25) is 70.9 Å². The van der Waals surface area contributed by atoms with Crippen molar-refractivity contribution in [2.45, 2.75) is 183 Å². The third-order valence-electron chi connectivity index (χ3n) is 17.1. The minimum Gasteiger partial charge on any atom is -0.370 e. The highest BCUT2D eigenvalue weighted by atomic mass is 32.2. The van der Waals surface area contributed by atoms with Gasteiger partial charge in [-0.3, -0.25) is 72.3 Å². The highest BCUT2D eigenvalue weighted by molar-refractivity contribution is 7.98. The summed E-state index contributed by atoms with van der Waals surface area (Å²) in [4.78, 5) is 188. The number of hydrazine groups is 1. The lowest BCUT2D eigenvalue weighted by Gasteiger charge is -2.43. The van der Waals surface area contributed by atoms with Crippen molar-refractivity contribution in [3.8, 4) is 0 Å². The number of aliphatic imine (C=N–C) groups is 1. The number of unbranched alkanes of at least 4 members (excludes halogenated alkanes) is 1. The van der Waals surface area contributed by atoms with Crippen LogP contribution in [0.4, 0.5) is 0 Å². The molecule has 3 saturated heterocycles. The van der Waals surface area contributed by atoms with E-state index in [9.17, 15) is 52.7 Å². The van der Waals surface area contributed by atoms with Gasteiger partial charge in [0.05, 0.1) is 19.1 Å². The van der Waals surface area contributed by atoms with Crippen LogP contribution in [0.2, 0.25) is 0 Å². The molecule has 98 heavy (non-hydrogen) atoms. The minimum absolute atomic E-state index is 0.00331. The number of primary amides is 3. The van der Waals surface area contributed by atoms with Crippen molar-refractivity contribution in [3.05, 3.63) is 71.8 Å². The van der Waals surface area contributed by atoms with E-state index >= 15 is 9.59 Å². The Balaban J connectivity index is 1.35. The molecular formula is C65H101N19O13S. The number of nitrogens with one attached hydrogen (secondary N) is 7. The van der Waals surface area contributed by atoms with Crippen LogP contribution in [0.1, 0.15) is 121 Å². The molecule has 0 unspecified atom stereocenters. The van der Waals surface area contributed by atoms with E-state index in [1.54, 1.807) is 60.7 Å². The van der Waals surface area contributed by atoms with Gasteiger partial charge in [0.15, 0.2) is 5.96 Å². The standard InChI is InChI=1S/C65H101N19O13S/c1-39(2)35-47(58(91)76-43(55(70)88)27-34-98-3)75-54(87)38-74-56(89)48(36-40-15-6-4-7-16-40)80-84-33-32-83(51(64(84)97)37-41-17-8-5-9-18-41)63(96)46(24-26-53(69)86)78-57(90)44(23-25-52(68)85)77-59(92)50-22-14-31-82(50)62(95)45(20-10-11-28-66)79-60(93)49-21-13-30-81(49)61(94)42(67)19-12-29-73-65(71)72/h4-9,15-18,39,42-51,80H,10-14,19-38,66-67H2,1-3H3,(H2,68,85)(H2,69,86)(H2,70,88)(H,74,89)(H,75,87)(H,76,91)(H,77,92)(H,78,90)(H,79,93)(H4,71,72,73)/t42-,43-,44-,45-,46-,47-,48-,49-,50-,51-/m0/s1. The second-order valence-electron chi connectivity index (χ2n) is 25.2. The molecule has 21 N–H and O–H groups in total. The van der Waals surface area contributed by atoms with Crippen molar-refractivity contribution in [1.29, 1.82) is 0 Å². The summed E-state index contributed by atoms with van der Waals surface area (Å²) in [5.74, 6) is -9.04. The molecule has 3 heterocycles. The fourth-order valence-corrected chi connectivity index (χ4v) is 12.5. The Morgan fingerprint density at radius 2 is 1.13 bits per heavy atom. The number of hydrogen-bond acceptors (Lipinski definition) is 18. The molecule has 5 rings (SSSR count). The SMILES string of the molecule is CSCC[C@H](NC(=O)[C@H](CC(C)C)NC(=O)CNC(=O)[C@H](Cc1ccccc1)NN1CCN(C(=O)[C@H](CCC(N)=O)NC(=O)[C@H](CCC(N)=O)NC(=O)[C@@H]2CCCN2C(=O)[C@H](CCCCN)NC(=O)[C@@H]2CCCN2C(=O)[C@@H](N)CCCN=C(N)N)[C@@H](Cc2ccccc2)C1=O)C(N)=O. The maximum absolute atomic E-state index is 15.2. The molecule has 0 spiro atoms. The molecule has 0 aliphatic carbocycles. The summed E-state index contributed by atoms with van der Waals surface area (Å²) in [5, 5.41) is 17.3. The van der Waals surface area contributed by atoms with Crippen LogP contribution >= 0.6 is 11.8 Å². The number of nitrogens with two attached hydrogens (primary N) is 7. The third-order valence-corrected chi connectivity index (χ3v) is 17.8. The summed E-state index contributed by atoms with van der Waals surface area (Å²) in [6, 6.07) is 5.52. The first-order valence-electron chi connectivity index (χ1n) is 33.4. The van der Waals surface area contributed by atoms with Crippen LogP contribution in [0.25, 0.3) is 0 Å². The Kier molecular flexibility index (Phi) is 33.1. The second kappa shape index (κ2) is 40.7. The van der Waals surface area contributed by atoms with Crippen LogP contribution in [0.15, 0.2) is 65.7 Å². The molecule has 540 valence electrons. The maximum atomic E-state index is 15.2. The molecule has 13 amide bonds. The fraction of sp³-hybridized carbons (Fsp3) is 0.600. The average molecular weight is 1390 g/mol. The lowest BCUT2D eigenvalue weighted by molar-refractivity contribution is -0.157. The van der Waals surface area contributed by atoms with Crippen molar-refractivity contribution < 1.29 is 62.3 Å². The van der Waals surface area contributed by atoms with Gasteiger partial charge in [0, 0.05) is 45.4 Å². The predicted molar refractivity (Wildman–Crippen MR) is 366 cm³/mol. The molecule has 3 aliphatic heterocycles. The molecule has 3 aliphatic rings. The molecule has 2 aromatic carbocycles. The van der Waals surface area contributed by atoms with Crippen LogP contribution in [-0.2, 0) is 75.2 Å². The quantitative estimate of drug-likeness (QED) is 0.0173. The summed E-state index contributed by atoms with van der Waals surface area (Å²) in [6.07, 6.45) is 3.56. The monoisotopic (exact) mass is 1390 g/mol. The van der Waals surface area contributed by atoms with Crippen LogP contribution in [-0.4, -0.2) is 221 Å². The van der Waals surface area contributed by atoms with Crippen molar-refractivity contribution in [2.75, 3.05) is 57.8 Å². The predicted octanol–water partition coefficient (Wildman–Crippen LogP) is -3.77. The molecule has 33 heteroatoms. The van der Waals surface area contributed by atoms with E-state index in [1.165, 1.54) is 31.5 Å². The first-order valence-corrected chi connectivity index (χ1v) is 34.8. The number of amides is 13. The van der Waals surface area contributed by atoms with E-state index in [1.807, 2.05) is 20.1 Å². The largest absolute Gasteiger partial charge is 0.370 e. The Bertz CT molecular complexity index is 3090. The van der Waals surface area contributed by atoms with E-state index in [4.69, 9.17) is 40.1 Å². The molecule has 0 saturated carbocycles. The number of benzene rings is 2. The summed E-state index contributed by atoms with van der Waals surface area (Å²) >= 11 is 1.46. The normalized spacial score (nSPS) is 18.2. The van der Waals surface area contributed by atoms with Gasteiger partial charge in [0.1, 0.15) is 54.4 Å². The Morgan fingerprint density at radius 3 is 1.70 bits per heavy atom. The number of guanidine groups is 1.